The highest BCUT2D eigenvalue weighted by Crippen LogP contribution is 2.34. The Hall–Kier alpha value is -2.73. The van der Waals surface area contributed by atoms with Crippen LogP contribution in [0.3, 0.4) is 0 Å². The highest BCUT2D eigenvalue weighted by atomic mass is 16.5. The molecule has 1 aliphatic rings. The van der Waals surface area contributed by atoms with E-state index in [-0.39, 0.29) is 6.10 Å². The summed E-state index contributed by atoms with van der Waals surface area (Å²) in [4.78, 5) is 6.55. The Morgan fingerprint density at radius 3 is 2.66 bits per heavy atom. The van der Waals surface area contributed by atoms with E-state index in [0.29, 0.717) is 12.5 Å². The lowest BCUT2D eigenvalue weighted by atomic mass is 9.95. The molecule has 2 aromatic carbocycles. The zero-order chi connectivity index (χ0) is 20.6. The molecule has 156 valence electrons. The molecule has 1 heterocycles. The summed E-state index contributed by atoms with van der Waals surface area (Å²) < 4.78 is 16.8. The Bertz CT molecular complexity index is 810. The van der Waals surface area contributed by atoms with E-state index in [2.05, 4.69) is 39.5 Å². The molecule has 2 unspecified atom stereocenters. The van der Waals surface area contributed by atoms with Gasteiger partial charge in [0, 0.05) is 51.3 Å². The predicted molar refractivity (Wildman–Crippen MR) is 116 cm³/mol. The second-order valence-electron chi connectivity index (χ2n) is 7.21. The number of ether oxygens (including phenoxy) is 3. The van der Waals surface area contributed by atoms with Gasteiger partial charge >= 0.3 is 0 Å². The highest BCUT2D eigenvalue weighted by Gasteiger charge is 2.29. The number of aliphatic imine (C=N–C) groups is 1. The fourth-order valence-electron chi connectivity index (χ4n) is 3.77. The molecule has 6 heteroatoms. The van der Waals surface area contributed by atoms with Crippen molar-refractivity contribution in [1.82, 2.24) is 10.2 Å². The normalized spacial score (nSPS) is 19.1. The third-order valence-corrected chi connectivity index (χ3v) is 5.34. The molecule has 29 heavy (non-hydrogen) atoms. The van der Waals surface area contributed by atoms with Crippen LogP contribution in [0.25, 0.3) is 0 Å². The zero-order valence-corrected chi connectivity index (χ0v) is 17.7. The zero-order valence-electron chi connectivity index (χ0n) is 17.7. The van der Waals surface area contributed by atoms with Crippen LogP contribution in [-0.2, 0) is 11.3 Å². The fraction of sp³-hybridized carbons (Fsp3) is 0.435. The summed E-state index contributed by atoms with van der Waals surface area (Å²) in [5.74, 6) is 2.85. The molecule has 3 rings (SSSR count). The lowest BCUT2D eigenvalue weighted by Crippen LogP contribution is -2.41. The molecule has 1 aliphatic heterocycles. The van der Waals surface area contributed by atoms with E-state index < -0.39 is 0 Å². The van der Waals surface area contributed by atoms with Gasteiger partial charge in [0.25, 0.3) is 0 Å². The SMILES string of the molecule is CN=C(NCC1CCOC1c1ccccc1)N(C)Cc1ccc(OC)cc1OC. The molecule has 1 N–H and O–H groups in total. The van der Waals surface area contributed by atoms with E-state index in [4.69, 9.17) is 14.2 Å². The van der Waals surface area contributed by atoms with Gasteiger partial charge in [-0.3, -0.25) is 4.99 Å². The Kier molecular flexibility index (Phi) is 7.36. The number of guanidine groups is 1. The molecule has 0 radical (unpaired) electrons. The average molecular weight is 398 g/mol. The average Bonchev–Trinajstić information content (AvgIpc) is 3.23. The number of rotatable bonds is 7. The lowest BCUT2D eigenvalue weighted by Gasteiger charge is -2.26. The summed E-state index contributed by atoms with van der Waals surface area (Å²) in [6.07, 6.45) is 1.17. The number of nitrogens with one attached hydrogen (secondary N) is 1. The Morgan fingerprint density at radius 1 is 1.17 bits per heavy atom. The third-order valence-electron chi connectivity index (χ3n) is 5.34. The second kappa shape index (κ2) is 10.2. The van der Waals surface area contributed by atoms with Gasteiger partial charge in [0.1, 0.15) is 11.5 Å². The van der Waals surface area contributed by atoms with Crippen molar-refractivity contribution >= 4 is 5.96 Å². The quantitative estimate of drug-likeness (QED) is 0.573. The van der Waals surface area contributed by atoms with Crippen molar-refractivity contribution in [2.75, 3.05) is 41.5 Å². The first-order chi connectivity index (χ1) is 14.2. The van der Waals surface area contributed by atoms with E-state index in [1.165, 1.54) is 5.56 Å². The number of methoxy groups -OCH3 is 2. The number of benzene rings is 2. The van der Waals surface area contributed by atoms with Crippen molar-refractivity contribution in [3.05, 3.63) is 59.7 Å². The molecular weight excluding hydrogens is 366 g/mol. The van der Waals surface area contributed by atoms with Crippen LogP contribution < -0.4 is 14.8 Å². The van der Waals surface area contributed by atoms with Gasteiger partial charge < -0.3 is 24.4 Å². The smallest absolute Gasteiger partial charge is 0.193 e. The molecule has 1 fully saturated rings. The molecular formula is C23H31N3O3. The largest absolute Gasteiger partial charge is 0.497 e. The van der Waals surface area contributed by atoms with Crippen LogP contribution in [0, 0.1) is 5.92 Å². The first-order valence-corrected chi connectivity index (χ1v) is 9.95. The van der Waals surface area contributed by atoms with Crippen LogP contribution in [-0.4, -0.2) is 52.3 Å². The van der Waals surface area contributed by atoms with Crippen molar-refractivity contribution < 1.29 is 14.2 Å². The molecule has 0 aromatic heterocycles. The molecule has 1 saturated heterocycles. The van der Waals surface area contributed by atoms with Crippen molar-refractivity contribution in [3.8, 4) is 11.5 Å². The van der Waals surface area contributed by atoms with Gasteiger partial charge in [0.2, 0.25) is 0 Å². The first kappa shape index (κ1) is 21.0. The van der Waals surface area contributed by atoms with Crippen LogP contribution in [0.1, 0.15) is 23.7 Å². The van der Waals surface area contributed by atoms with Crippen molar-refractivity contribution in [2.45, 2.75) is 19.1 Å². The van der Waals surface area contributed by atoms with Gasteiger partial charge in [0.15, 0.2) is 5.96 Å². The van der Waals surface area contributed by atoms with E-state index in [1.54, 1.807) is 14.2 Å². The van der Waals surface area contributed by atoms with Crippen LogP contribution >= 0.6 is 0 Å². The maximum atomic E-state index is 6.00. The van der Waals surface area contributed by atoms with E-state index >= 15 is 0 Å². The fourth-order valence-corrected chi connectivity index (χ4v) is 3.77. The first-order valence-electron chi connectivity index (χ1n) is 9.95. The van der Waals surface area contributed by atoms with Gasteiger partial charge in [-0.1, -0.05) is 30.3 Å². The Balaban J connectivity index is 1.61. The van der Waals surface area contributed by atoms with Gasteiger partial charge in [-0.05, 0) is 24.1 Å². The van der Waals surface area contributed by atoms with E-state index in [9.17, 15) is 0 Å². The minimum absolute atomic E-state index is 0.133. The summed E-state index contributed by atoms with van der Waals surface area (Å²) in [6, 6.07) is 16.3. The van der Waals surface area contributed by atoms with Crippen LogP contribution in [0.2, 0.25) is 0 Å². The summed E-state index contributed by atoms with van der Waals surface area (Å²) in [5.41, 5.74) is 2.31. The summed E-state index contributed by atoms with van der Waals surface area (Å²) in [6.45, 7) is 2.29. The van der Waals surface area contributed by atoms with Crippen LogP contribution in [0.15, 0.2) is 53.5 Å². The molecule has 0 aliphatic carbocycles. The lowest BCUT2D eigenvalue weighted by molar-refractivity contribution is 0.0914. The molecule has 6 nitrogen and oxygen atoms in total. The van der Waals surface area contributed by atoms with Gasteiger partial charge in [-0.2, -0.15) is 0 Å². The monoisotopic (exact) mass is 397 g/mol. The third kappa shape index (κ3) is 5.21. The highest BCUT2D eigenvalue weighted by molar-refractivity contribution is 5.79. The topological polar surface area (TPSA) is 55.3 Å². The maximum absolute atomic E-state index is 6.00. The molecule has 0 spiro atoms. The van der Waals surface area contributed by atoms with Crippen molar-refractivity contribution in [2.24, 2.45) is 10.9 Å². The van der Waals surface area contributed by atoms with Crippen LogP contribution in [0.4, 0.5) is 0 Å². The molecule has 0 bridgehead atoms. The van der Waals surface area contributed by atoms with Gasteiger partial charge in [-0.15, -0.1) is 0 Å². The number of nitrogens with zero attached hydrogens (tertiary/aromatic N) is 2. The molecule has 0 amide bonds. The van der Waals surface area contributed by atoms with Gasteiger partial charge in [0.05, 0.1) is 20.3 Å². The summed E-state index contributed by atoms with van der Waals surface area (Å²) >= 11 is 0. The Labute approximate surface area is 173 Å². The number of hydrogen-bond donors (Lipinski definition) is 1. The minimum Gasteiger partial charge on any atom is -0.497 e. The summed E-state index contributed by atoms with van der Waals surface area (Å²) in [7, 11) is 7.17. The standard InChI is InChI=1S/C23H31N3O3/c1-24-23(26(2)16-19-10-11-20(27-3)14-21(19)28-4)25-15-18-12-13-29-22(18)17-8-6-5-7-9-17/h5-11,14,18,22H,12-13,15-16H2,1-4H3,(H,24,25). The second-order valence-corrected chi connectivity index (χ2v) is 7.21. The van der Waals surface area contributed by atoms with Crippen LogP contribution in [0.5, 0.6) is 11.5 Å². The molecule has 2 atom stereocenters. The Morgan fingerprint density at radius 2 is 1.97 bits per heavy atom. The molecule has 0 saturated carbocycles. The number of hydrogen-bond acceptors (Lipinski definition) is 4. The predicted octanol–water partition coefficient (Wildman–Crippen LogP) is 3.49. The van der Waals surface area contributed by atoms with Crippen molar-refractivity contribution in [1.29, 1.82) is 0 Å². The molecule has 2 aromatic rings. The van der Waals surface area contributed by atoms with Crippen molar-refractivity contribution in [3.63, 3.8) is 0 Å². The maximum Gasteiger partial charge on any atom is 0.193 e. The van der Waals surface area contributed by atoms with E-state index in [0.717, 1.165) is 42.6 Å². The van der Waals surface area contributed by atoms with Gasteiger partial charge in [-0.25, -0.2) is 0 Å². The minimum atomic E-state index is 0.133. The van der Waals surface area contributed by atoms with E-state index in [1.807, 2.05) is 38.4 Å². The summed E-state index contributed by atoms with van der Waals surface area (Å²) in [5, 5.41) is 3.52.